The molecule has 200 valence electrons. The van der Waals surface area contributed by atoms with Crippen LogP contribution in [0.5, 0.6) is 17.2 Å². The summed E-state index contributed by atoms with van der Waals surface area (Å²) in [4.78, 5) is 42.0. The summed E-state index contributed by atoms with van der Waals surface area (Å²) in [6.45, 7) is 3.68. The van der Waals surface area contributed by atoms with Gasteiger partial charge < -0.3 is 24.4 Å². The van der Waals surface area contributed by atoms with Gasteiger partial charge in [-0.1, -0.05) is 12.1 Å². The molecule has 0 amide bonds. The molecule has 1 aliphatic rings. The van der Waals surface area contributed by atoms with E-state index in [1.165, 1.54) is 36.2 Å². The third kappa shape index (κ3) is 5.08. The summed E-state index contributed by atoms with van der Waals surface area (Å²) in [7, 11) is 4.49. The van der Waals surface area contributed by atoms with Crippen molar-refractivity contribution in [2.75, 3.05) is 27.9 Å². The second-order valence-corrected chi connectivity index (χ2v) is 9.04. The van der Waals surface area contributed by atoms with E-state index in [2.05, 4.69) is 10.2 Å². The number of nitrogens with zero attached hydrogens (tertiary/aromatic N) is 2. The number of carbonyl (C=O) groups excluding carboxylic acids is 1. The van der Waals surface area contributed by atoms with Crippen LogP contribution in [-0.2, 0) is 9.53 Å². The molecule has 0 fully saturated rings. The molecule has 1 unspecified atom stereocenters. The van der Waals surface area contributed by atoms with E-state index in [-0.39, 0.29) is 23.3 Å². The highest BCUT2D eigenvalue weighted by Gasteiger charge is 2.38. The first-order chi connectivity index (χ1) is 17.9. The van der Waals surface area contributed by atoms with Crippen molar-refractivity contribution < 1.29 is 34.2 Å². The fourth-order valence-corrected chi connectivity index (χ4v) is 5.25. The third-order valence-electron chi connectivity index (χ3n) is 5.93. The van der Waals surface area contributed by atoms with Gasteiger partial charge in [-0.25, -0.2) is 14.6 Å². The topological polar surface area (TPSA) is 149 Å². The number of allylic oxidation sites excluding steroid dienone is 1. The van der Waals surface area contributed by atoms with Crippen molar-refractivity contribution in [3.63, 3.8) is 0 Å². The number of nitroso groups, excluding NO2 is 1. The number of fused-ring (bicyclic) bond motifs is 1. The van der Waals surface area contributed by atoms with Gasteiger partial charge in [0.15, 0.2) is 17.5 Å². The number of carbonyl (C=O) groups is 1. The van der Waals surface area contributed by atoms with E-state index in [4.69, 9.17) is 18.9 Å². The van der Waals surface area contributed by atoms with Gasteiger partial charge in [-0.3, -0.25) is 0 Å². The van der Waals surface area contributed by atoms with Gasteiger partial charge in [0.25, 0.3) is 0 Å². The maximum absolute atomic E-state index is 13.8. The van der Waals surface area contributed by atoms with Gasteiger partial charge in [-0.2, -0.15) is 4.57 Å². The van der Waals surface area contributed by atoms with Crippen LogP contribution in [0.15, 0.2) is 57.6 Å². The minimum absolute atomic E-state index is 0. The summed E-state index contributed by atoms with van der Waals surface area (Å²) < 4.78 is 23.0. The predicted molar refractivity (Wildman–Crippen MR) is 139 cm³/mol. The lowest BCUT2D eigenvalue weighted by Crippen LogP contribution is -2.78. The molecule has 3 aromatic rings. The van der Waals surface area contributed by atoms with Crippen LogP contribution in [0.25, 0.3) is 6.08 Å². The predicted octanol–water partition coefficient (Wildman–Crippen LogP) is 1.13. The number of methoxy groups -OCH3 is 3. The van der Waals surface area contributed by atoms with Crippen molar-refractivity contribution in [3.8, 4) is 17.2 Å². The smallest absolute Gasteiger partial charge is 0.353 e. The number of aromatic nitrogens is 1. The molecule has 0 aliphatic carbocycles. The third-order valence-corrected chi connectivity index (χ3v) is 6.93. The van der Waals surface area contributed by atoms with Crippen LogP contribution >= 0.6 is 11.3 Å². The molecule has 1 aliphatic heterocycles. The normalized spacial score (nSPS) is 14.7. The maximum atomic E-state index is 13.8. The van der Waals surface area contributed by atoms with E-state index in [1.54, 1.807) is 57.4 Å². The molecule has 0 saturated heterocycles. The van der Waals surface area contributed by atoms with Crippen LogP contribution in [0, 0.1) is 4.91 Å². The van der Waals surface area contributed by atoms with Crippen molar-refractivity contribution in [2.24, 2.45) is 5.18 Å². The van der Waals surface area contributed by atoms with E-state index in [1.807, 2.05) is 0 Å². The monoisotopic (exact) mass is 541 g/mol. The average Bonchev–Trinajstić information content (AvgIpc) is 3.21. The molecule has 12 heteroatoms. The lowest BCUT2D eigenvalue weighted by molar-refractivity contribution is -0.449. The fourth-order valence-electron chi connectivity index (χ4n) is 4.18. The largest absolute Gasteiger partial charge is 0.870 e. The molecule has 2 heterocycles. The average molecular weight is 542 g/mol. The Morgan fingerprint density at radius 2 is 1.76 bits per heavy atom. The minimum atomic E-state index is -0.735. The van der Waals surface area contributed by atoms with Crippen LogP contribution in [-0.4, -0.2) is 43.9 Å². The highest BCUT2D eigenvalue weighted by molar-refractivity contribution is 7.06. The number of benzene rings is 2. The van der Waals surface area contributed by atoms with E-state index in [9.17, 15) is 14.5 Å². The highest BCUT2D eigenvalue weighted by atomic mass is 32.1. The molecule has 11 nitrogen and oxygen atoms in total. The van der Waals surface area contributed by atoms with Crippen molar-refractivity contribution in [1.29, 1.82) is 0 Å². The molecule has 1 atom stereocenters. The summed E-state index contributed by atoms with van der Waals surface area (Å²) in [5.41, 5.74) is 1.74. The second-order valence-electron chi connectivity index (χ2n) is 8.01. The van der Waals surface area contributed by atoms with Crippen molar-refractivity contribution in [1.82, 2.24) is 4.57 Å². The first-order valence-electron chi connectivity index (χ1n) is 11.3. The molecule has 0 bridgehead atoms. The Kier molecular flexibility index (Phi) is 8.81. The van der Waals surface area contributed by atoms with Crippen molar-refractivity contribution in [3.05, 3.63) is 83.4 Å². The Morgan fingerprint density at radius 1 is 1.11 bits per heavy atom. The van der Waals surface area contributed by atoms with E-state index < -0.39 is 12.0 Å². The second kappa shape index (κ2) is 11.8. The number of rotatable bonds is 8. The quantitative estimate of drug-likeness (QED) is 0.329. The number of esters is 1. The highest BCUT2D eigenvalue weighted by Crippen LogP contribution is 2.35. The van der Waals surface area contributed by atoms with Gasteiger partial charge in [-0.05, 0) is 54.6 Å². The van der Waals surface area contributed by atoms with Crippen molar-refractivity contribution >= 4 is 29.1 Å². The van der Waals surface area contributed by atoms with Gasteiger partial charge >= 0.3 is 16.3 Å². The summed E-state index contributed by atoms with van der Waals surface area (Å²) >= 11 is 1.19. The number of hydrogen-bond acceptors (Lipinski definition) is 10. The van der Waals surface area contributed by atoms with Crippen molar-refractivity contribution in [2.45, 2.75) is 19.9 Å². The van der Waals surface area contributed by atoms with Crippen LogP contribution in [0.4, 0.5) is 5.69 Å². The zero-order valence-corrected chi connectivity index (χ0v) is 22.3. The summed E-state index contributed by atoms with van der Waals surface area (Å²) in [5.74, 6) is 0.857. The van der Waals surface area contributed by atoms with E-state index >= 15 is 0 Å². The summed E-state index contributed by atoms with van der Waals surface area (Å²) in [6, 6.07) is 9.45. The molecule has 1 aromatic heterocycles. The lowest BCUT2D eigenvalue weighted by Gasteiger charge is -2.20. The lowest BCUT2D eigenvalue weighted by atomic mass is 9.96. The van der Waals surface area contributed by atoms with Crippen LogP contribution in [0.1, 0.15) is 31.0 Å². The standard InChI is InChI=1S/C26H25N3O7S.H2O/c1-6-36-25(31)22-14(2)27-26-29(23(22)15-7-9-17(33-3)10-8-15)24(30)21(37-26)12-16-11-19(34-4)20(35-5)13-18(16)28-32;/h7-13,23H,6H2,1-5H3;1H2/b21-12-;. The van der Waals surface area contributed by atoms with Gasteiger partial charge in [-0.15, -0.1) is 4.91 Å². The molecular formula is C26H27N3O8S. The van der Waals surface area contributed by atoms with Gasteiger partial charge in [0.2, 0.25) is 0 Å². The molecular weight excluding hydrogens is 514 g/mol. The zero-order chi connectivity index (χ0) is 26.7. The van der Waals surface area contributed by atoms with Crippen LogP contribution < -0.4 is 34.1 Å². The van der Waals surface area contributed by atoms with E-state index in [0.29, 0.717) is 49.0 Å². The van der Waals surface area contributed by atoms with Crippen LogP contribution in [0.2, 0.25) is 0 Å². The Hall–Kier alpha value is -4.29. The Morgan fingerprint density at radius 3 is 2.34 bits per heavy atom. The molecule has 2 aromatic carbocycles. The van der Waals surface area contributed by atoms with Gasteiger partial charge in [0.05, 0.1) is 27.9 Å². The SMILES string of the molecule is CCOC(=O)C1=C(C)[NH+]=c2s/c(=C\c3cc(OC)c(OC)cc3N=O)c(=O)n2C1c1ccc(OC)cc1.[OH-]. The molecule has 0 saturated carbocycles. The number of hydrogen-bond donors (Lipinski definition) is 1. The molecule has 2 N–H and O–H groups in total. The molecule has 0 radical (unpaired) electrons. The number of ether oxygens (including phenoxy) is 4. The Balaban J connectivity index is 0.00000400. The molecule has 4 rings (SSSR count). The summed E-state index contributed by atoms with van der Waals surface area (Å²) in [6.07, 6.45) is 1.57. The Labute approximate surface area is 221 Å². The zero-order valence-electron chi connectivity index (χ0n) is 21.4. The molecule has 38 heavy (non-hydrogen) atoms. The first kappa shape index (κ1) is 28.3. The number of thiazole rings is 1. The maximum Gasteiger partial charge on any atom is 0.353 e. The number of nitrogens with one attached hydrogen (secondary N) is 1. The fraction of sp³-hybridized carbons (Fsp3) is 0.269. The van der Waals surface area contributed by atoms with Gasteiger partial charge in [0.1, 0.15) is 27.2 Å². The minimum Gasteiger partial charge on any atom is -0.870 e. The first-order valence-corrected chi connectivity index (χ1v) is 12.2. The van der Waals surface area contributed by atoms with Crippen LogP contribution in [0.3, 0.4) is 0 Å². The molecule has 0 spiro atoms. The summed E-state index contributed by atoms with van der Waals surface area (Å²) in [5, 5.41) is 3.09. The Bertz CT molecular complexity index is 1570. The van der Waals surface area contributed by atoms with E-state index in [0.717, 1.165) is 0 Å². The van der Waals surface area contributed by atoms with Gasteiger partial charge in [0, 0.05) is 17.2 Å².